The number of aromatic nitrogens is 1. The standard InChI is InChI=1S/C12H19N5O2S/c1-8(11(13)15-19)16-3-5-17(6-4-16)12(18)10-7-14-9(2)20-10/h7-8,19H,3-6H2,1-2H3,(H2,13,15). The Morgan fingerprint density at radius 2 is 2.15 bits per heavy atom. The second kappa shape index (κ2) is 6.19. The minimum atomic E-state index is -0.122. The lowest BCUT2D eigenvalue weighted by Crippen LogP contribution is -2.54. The zero-order valence-electron chi connectivity index (χ0n) is 11.6. The van der Waals surface area contributed by atoms with Crippen LogP contribution in [0, 0.1) is 6.92 Å². The molecule has 3 N–H and O–H groups in total. The minimum Gasteiger partial charge on any atom is -0.409 e. The highest BCUT2D eigenvalue weighted by Crippen LogP contribution is 2.16. The second-order valence-electron chi connectivity index (χ2n) is 4.77. The Labute approximate surface area is 121 Å². The molecule has 20 heavy (non-hydrogen) atoms. The van der Waals surface area contributed by atoms with Crippen LogP contribution in [0.3, 0.4) is 0 Å². The summed E-state index contributed by atoms with van der Waals surface area (Å²) in [6, 6.07) is -0.122. The summed E-state index contributed by atoms with van der Waals surface area (Å²) in [5.41, 5.74) is 5.61. The number of amides is 1. The van der Waals surface area contributed by atoms with E-state index in [2.05, 4.69) is 15.0 Å². The van der Waals surface area contributed by atoms with Gasteiger partial charge in [0.05, 0.1) is 17.2 Å². The highest BCUT2D eigenvalue weighted by atomic mass is 32.1. The predicted octanol–water partition coefficient (Wildman–Crippen LogP) is 0.344. The van der Waals surface area contributed by atoms with E-state index in [4.69, 9.17) is 10.9 Å². The van der Waals surface area contributed by atoms with Crippen molar-refractivity contribution >= 4 is 23.1 Å². The summed E-state index contributed by atoms with van der Waals surface area (Å²) in [5.74, 6) is 0.231. The Morgan fingerprint density at radius 3 is 2.65 bits per heavy atom. The first-order valence-corrected chi connectivity index (χ1v) is 7.27. The van der Waals surface area contributed by atoms with E-state index < -0.39 is 0 Å². The third kappa shape index (κ3) is 3.07. The summed E-state index contributed by atoms with van der Waals surface area (Å²) in [7, 11) is 0. The predicted molar refractivity (Wildman–Crippen MR) is 77.2 cm³/mol. The topological polar surface area (TPSA) is 95.1 Å². The van der Waals surface area contributed by atoms with Gasteiger partial charge >= 0.3 is 0 Å². The number of nitrogens with two attached hydrogens (primary N) is 1. The number of thiazole rings is 1. The Bertz CT molecular complexity index is 508. The van der Waals surface area contributed by atoms with E-state index in [0.717, 1.165) is 5.01 Å². The van der Waals surface area contributed by atoms with Crippen molar-refractivity contribution in [3.05, 3.63) is 16.1 Å². The van der Waals surface area contributed by atoms with Crippen molar-refractivity contribution in [2.75, 3.05) is 26.2 Å². The van der Waals surface area contributed by atoms with E-state index in [1.54, 1.807) is 6.20 Å². The van der Waals surface area contributed by atoms with Crippen molar-refractivity contribution < 1.29 is 10.0 Å². The molecule has 1 saturated heterocycles. The number of piperazine rings is 1. The van der Waals surface area contributed by atoms with E-state index in [9.17, 15) is 4.79 Å². The lowest BCUT2D eigenvalue weighted by Gasteiger charge is -2.37. The molecule has 7 nitrogen and oxygen atoms in total. The summed E-state index contributed by atoms with van der Waals surface area (Å²) >= 11 is 1.42. The average Bonchev–Trinajstić information content (AvgIpc) is 2.91. The SMILES string of the molecule is Cc1ncc(C(=O)N2CCN(C(C)C(N)=NO)CC2)s1. The Kier molecular flexibility index (Phi) is 4.56. The number of carbonyl (C=O) groups excluding carboxylic acids is 1. The van der Waals surface area contributed by atoms with Crippen molar-refractivity contribution in [3.63, 3.8) is 0 Å². The number of amidine groups is 1. The van der Waals surface area contributed by atoms with Crippen molar-refractivity contribution in [2.24, 2.45) is 10.9 Å². The van der Waals surface area contributed by atoms with Gasteiger partial charge in [0.2, 0.25) is 0 Å². The van der Waals surface area contributed by atoms with Gasteiger partial charge in [-0.3, -0.25) is 9.69 Å². The van der Waals surface area contributed by atoms with Gasteiger partial charge in [0.15, 0.2) is 5.84 Å². The summed E-state index contributed by atoms with van der Waals surface area (Å²) < 4.78 is 0. The number of carbonyl (C=O) groups is 1. The molecular weight excluding hydrogens is 278 g/mol. The Balaban J connectivity index is 1.93. The van der Waals surface area contributed by atoms with E-state index in [1.807, 2.05) is 18.7 Å². The summed E-state index contributed by atoms with van der Waals surface area (Å²) in [4.78, 5) is 21.0. The average molecular weight is 297 g/mol. The normalized spacial score (nSPS) is 19.1. The van der Waals surface area contributed by atoms with Crippen LogP contribution in [-0.4, -0.2) is 64.0 Å². The first-order chi connectivity index (χ1) is 9.52. The van der Waals surface area contributed by atoms with Gasteiger partial charge in [-0.25, -0.2) is 4.98 Å². The summed E-state index contributed by atoms with van der Waals surface area (Å²) in [6.07, 6.45) is 1.63. The fraction of sp³-hybridized carbons (Fsp3) is 0.583. The quantitative estimate of drug-likeness (QED) is 0.363. The number of hydrogen-bond donors (Lipinski definition) is 2. The van der Waals surface area contributed by atoms with Crippen molar-refractivity contribution in [1.82, 2.24) is 14.8 Å². The Morgan fingerprint density at radius 1 is 1.50 bits per heavy atom. The summed E-state index contributed by atoms with van der Waals surface area (Å²) in [6.45, 7) is 6.47. The molecule has 2 heterocycles. The lowest BCUT2D eigenvalue weighted by molar-refractivity contribution is 0.0623. The number of rotatable bonds is 3. The molecule has 0 bridgehead atoms. The molecule has 1 amide bonds. The number of aryl methyl sites for hydroxylation is 1. The highest BCUT2D eigenvalue weighted by Gasteiger charge is 2.27. The molecule has 1 aliphatic heterocycles. The molecule has 1 aromatic rings. The van der Waals surface area contributed by atoms with Crippen LogP contribution in [0.2, 0.25) is 0 Å². The fourth-order valence-electron chi connectivity index (χ4n) is 2.20. The largest absolute Gasteiger partial charge is 0.409 e. The highest BCUT2D eigenvalue weighted by molar-refractivity contribution is 7.13. The summed E-state index contributed by atoms with van der Waals surface area (Å²) in [5, 5.41) is 12.6. The van der Waals surface area contributed by atoms with Crippen LogP contribution in [0.15, 0.2) is 11.4 Å². The molecule has 0 aliphatic carbocycles. The van der Waals surface area contributed by atoms with Gasteiger partial charge < -0.3 is 15.8 Å². The number of hydrogen-bond acceptors (Lipinski definition) is 6. The van der Waals surface area contributed by atoms with Crippen molar-refractivity contribution in [3.8, 4) is 0 Å². The third-order valence-electron chi connectivity index (χ3n) is 3.52. The van der Waals surface area contributed by atoms with Gasteiger partial charge in [-0.1, -0.05) is 5.16 Å². The molecule has 0 radical (unpaired) electrons. The van der Waals surface area contributed by atoms with Gasteiger partial charge in [0, 0.05) is 26.2 Å². The van der Waals surface area contributed by atoms with Crippen LogP contribution in [0.4, 0.5) is 0 Å². The molecule has 1 fully saturated rings. The van der Waals surface area contributed by atoms with Gasteiger partial charge in [0.1, 0.15) is 4.88 Å². The van der Waals surface area contributed by atoms with Crippen molar-refractivity contribution in [1.29, 1.82) is 0 Å². The molecule has 1 atom stereocenters. The Hall–Kier alpha value is -1.67. The van der Waals surface area contributed by atoms with E-state index >= 15 is 0 Å². The van der Waals surface area contributed by atoms with Gasteiger partial charge in [-0.05, 0) is 13.8 Å². The van der Waals surface area contributed by atoms with Crippen LogP contribution < -0.4 is 5.73 Å². The maximum Gasteiger partial charge on any atom is 0.265 e. The molecule has 0 aromatic carbocycles. The van der Waals surface area contributed by atoms with E-state index in [1.165, 1.54) is 11.3 Å². The fourth-order valence-corrected chi connectivity index (χ4v) is 2.94. The minimum absolute atomic E-state index is 0.0340. The zero-order valence-corrected chi connectivity index (χ0v) is 12.4. The smallest absolute Gasteiger partial charge is 0.265 e. The third-order valence-corrected chi connectivity index (χ3v) is 4.43. The number of nitrogens with zero attached hydrogens (tertiary/aromatic N) is 4. The molecule has 1 aliphatic rings. The molecule has 1 unspecified atom stereocenters. The second-order valence-corrected chi connectivity index (χ2v) is 6.01. The van der Waals surface area contributed by atoms with Crippen LogP contribution in [-0.2, 0) is 0 Å². The van der Waals surface area contributed by atoms with Crippen LogP contribution >= 0.6 is 11.3 Å². The molecule has 1 aromatic heterocycles. The lowest BCUT2D eigenvalue weighted by atomic mass is 10.2. The first-order valence-electron chi connectivity index (χ1n) is 6.46. The zero-order chi connectivity index (χ0) is 14.7. The van der Waals surface area contributed by atoms with Crippen molar-refractivity contribution in [2.45, 2.75) is 19.9 Å². The van der Waals surface area contributed by atoms with Gasteiger partial charge in [-0.2, -0.15) is 0 Å². The van der Waals surface area contributed by atoms with E-state index in [0.29, 0.717) is 31.1 Å². The number of oxime groups is 1. The molecule has 0 spiro atoms. The monoisotopic (exact) mass is 297 g/mol. The van der Waals surface area contributed by atoms with Crippen LogP contribution in [0.25, 0.3) is 0 Å². The van der Waals surface area contributed by atoms with Gasteiger partial charge in [-0.15, -0.1) is 11.3 Å². The molecule has 2 rings (SSSR count). The van der Waals surface area contributed by atoms with Gasteiger partial charge in [0.25, 0.3) is 5.91 Å². The maximum absolute atomic E-state index is 12.3. The first kappa shape index (κ1) is 14.7. The molecule has 8 heteroatoms. The van der Waals surface area contributed by atoms with Crippen LogP contribution in [0.5, 0.6) is 0 Å². The van der Waals surface area contributed by atoms with Crippen LogP contribution in [0.1, 0.15) is 21.6 Å². The maximum atomic E-state index is 12.3. The molecular formula is C12H19N5O2S. The molecule has 110 valence electrons. The molecule has 0 saturated carbocycles. The van der Waals surface area contributed by atoms with E-state index in [-0.39, 0.29) is 17.8 Å².